The second-order valence-corrected chi connectivity index (χ2v) is 6.62. The first-order valence-electron chi connectivity index (χ1n) is 9.30. The van der Waals surface area contributed by atoms with Crippen LogP contribution in [0, 0.1) is 0 Å². The van der Waals surface area contributed by atoms with Gasteiger partial charge in [0.25, 0.3) is 0 Å². The van der Waals surface area contributed by atoms with Crippen LogP contribution in [0.25, 0.3) is 0 Å². The molecule has 0 radical (unpaired) electrons. The number of benzene rings is 1. The molecule has 1 aromatic carbocycles. The normalized spacial score (nSPS) is 26.0. The van der Waals surface area contributed by atoms with Crippen LogP contribution >= 0.6 is 0 Å². The van der Waals surface area contributed by atoms with E-state index in [2.05, 4.69) is 0 Å². The van der Waals surface area contributed by atoms with Crippen molar-refractivity contribution in [1.29, 1.82) is 0 Å². The molecular weight excluding hydrogens is 400 g/mol. The lowest BCUT2D eigenvalue weighted by molar-refractivity contribution is -0.302. The number of rotatable bonds is 9. The van der Waals surface area contributed by atoms with Crippen LogP contribution in [0.1, 0.15) is 19.4 Å². The first-order chi connectivity index (χ1) is 14.3. The molecule has 1 heterocycles. The summed E-state index contributed by atoms with van der Waals surface area (Å²) in [4.78, 5) is 22.9. The van der Waals surface area contributed by atoms with Gasteiger partial charge in [0.2, 0.25) is 0 Å². The summed E-state index contributed by atoms with van der Waals surface area (Å²) in [5.74, 6) is -0.113. The Kier molecular flexibility index (Phi) is 8.85. The Hall–Kier alpha value is -2.40. The maximum atomic E-state index is 11.5. The smallest absolute Gasteiger partial charge is 0.303 e. The SMILES string of the molecule is COc1ccc(COC[C@H]2O[C@H](OC)[C@H](OC(C)=O)[C@@H](OC(C)=O)[C@@H]2O)cc1OC. The van der Waals surface area contributed by atoms with Crippen molar-refractivity contribution in [2.45, 2.75) is 51.2 Å². The van der Waals surface area contributed by atoms with Crippen molar-refractivity contribution in [3.05, 3.63) is 23.8 Å². The average Bonchev–Trinajstić information content (AvgIpc) is 2.71. The molecule has 2 rings (SSSR count). The first kappa shape index (κ1) is 23.9. The molecule has 10 heteroatoms. The summed E-state index contributed by atoms with van der Waals surface area (Å²) >= 11 is 0. The third-order valence-electron chi connectivity index (χ3n) is 4.45. The van der Waals surface area contributed by atoms with Gasteiger partial charge in [-0.25, -0.2) is 0 Å². The molecule has 1 N–H and O–H groups in total. The van der Waals surface area contributed by atoms with E-state index in [0.717, 1.165) is 5.56 Å². The molecule has 1 fully saturated rings. The number of carbonyl (C=O) groups excluding carboxylic acids is 2. The van der Waals surface area contributed by atoms with Crippen LogP contribution < -0.4 is 9.47 Å². The summed E-state index contributed by atoms with van der Waals surface area (Å²) in [7, 11) is 4.43. The van der Waals surface area contributed by atoms with Crippen LogP contribution in [-0.2, 0) is 39.9 Å². The Balaban J connectivity index is 2.06. The Bertz CT molecular complexity index is 722. The fourth-order valence-corrected chi connectivity index (χ4v) is 3.12. The van der Waals surface area contributed by atoms with Crippen LogP contribution in [0.5, 0.6) is 11.5 Å². The fourth-order valence-electron chi connectivity index (χ4n) is 3.12. The quantitative estimate of drug-likeness (QED) is 0.566. The first-order valence-corrected chi connectivity index (χ1v) is 9.30. The monoisotopic (exact) mass is 428 g/mol. The van der Waals surface area contributed by atoms with Gasteiger partial charge >= 0.3 is 11.9 Å². The lowest BCUT2D eigenvalue weighted by Gasteiger charge is -2.42. The molecule has 168 valence electrons. The third kappa shape index (κ3) is 6.05. The predicted molar refractivity (Wildman–Crippen MR) is 102 cm³/mol. The van der Waals surface area contributed by atoms with Crippen LogP contribution in [-0.4, -0.2) is 75.7 Å². The van der Waals surface area contributed by atoms with Gasteiger partial charge in [-0.05, 0) is 17.7 Å². The largest absolute Gasteiger partial charge is 0.493 e. The highest BCUT2D eigenvalue weighted by Crippen LogP contribution is 2.29. The molecule has 0 aromatic heterocycles. The van der Waals surface area contributed by atoms with Crippen molar-refractivity contribution in [3.8, 4) is 11.5 Å². The molecule has 0 saturated carbocycles. The van der Waals surface area contributed by atoms with Gasteiger partial charge in [-0.1, -0.05) is 6.07 Å². The Morgan fingerprint density at radius 2 is 1.63 bits per heavy atom. The molecule has 1 aliphatic heterocycles. The summed E-state index contributed by atoms with van der Waals surface area (Å²) in [6.07, 6.45) is -5.51. The molecule has 0 spiro atoms. The Morgan fingerprint density at radius 3 is 2.20 bits per heavy atom. The number of esters is 2. The van der Waals surface area contributed by atoms with Gasteiger partial charge in [0.1, 0.15) is 12.2 Å². The second kappa shape index (κ2) is 11.1. The van der Waals surface area contributed by atoms with Gasteiger partial charge in [-0.3, -0.25) is 9.59 Å². The van der Waals surface area contributed by atoms with E-state index in [1.54, 1.807) is 19.2 Å². The van der Waals surface area contributed by atoms with Gasteiger partial charge in [0, 0.05) is 21.0 Å². The van der Waals surface area contributed by atoms with Crippen molar-refractivity contribution in [3.63, 3.8) is 0 Å². The van der Waals surface area contributed by atoms with Gasteiger partial charge < -0.3 is 38.3 Å². The average molecular weight is 428 g/mol. The fraction of sp³-hybridized carbons (Fsp3) is 0.600. The number of hydrogen-bond donors (Lipinski definition) is 1. The number of aliphatic hydroxyl groups excluding tert-OH is 1. The molecule has 0 aliphatic carbocycles. The van der Waals surface area contributed by atoms with E-state index in [1.807, 2.05) is 6.07 Å². The standard InChI is InChI=1S/C20H28O10/c1-11(21)28-18-17(23)16(30-20(26-5)19(18)29-12(2)22)10-27-9-13-6-7-14(24-3)15(8-13)25-4/h6-8,16-20,23H,9-10H2,1-5H3/t16-,17-,18+,19-,20+/m1/s1. The van der Waals surface area contributed by atoms with Crippen LogP contribution in [0.15, 0.2) is 18.2 Å². The zero-order valence-electron chi connectivity index (χ0n) is 17.7. The van der Waals surface area contributed by atoms with Crippen molar-refractivity contribution in [2.24, 2.45) is 0 Å². The predicted octanol–water partition coefficient (Wildman–Crippen LogP) is 0.816. The minimum atomic E-state index is -1.30. The van der Waals surface area contributed by atoms with Crippen LogP contribution in [0.2, 0.25) is 0 Å². The van der Waals surface area contributed by atoms with Crippen molar-refractivity contribution in [1.82, 2.24) is 0 Å². The van der Waals surface area contributed by atoms with E-state index in [0.29, 0.717) is 11.5 Å². The van der Waals surface area contributed by atoms with Crippen LogP contribution in [0.3, 0.4) is 0 Å². The number of aliphatic hydroxyl groups is 1. The molecule has 1 aliphatic rings. The highest BCUT2D eigenvalue weighted by molar-refractivity contribution is 5.67. The third-order valence-corrected chi connectivity index (χ3v) is 4.45. The maximum absolute atomic E-state index is 11.5. The van der Waals surface area contributed by atoms with Crippen molar-refractivity contribution < 1.29 is 47.9 Å². The van der Waals surface area contributed by atoms with Crippen LogP contribution in [0.4, 0.5) is 0 Å². The van der Waals surface area contributed by atoms with E-state index in [4.69, 9.17) is 33.2 Å². The summed E-state index contributed by atoms with van der Waals surface area (Å²) in [5.41, 5.74) is 0.815. The number of ether oxygens (including phenoxy) is 7. The molecule has 0 unspecified atom stereocenters. The summed E-state index contributed by atoms with van der Waals surface area (Å²) in [5, 5.41) is 10.7. The lowest BCUT2D eigenvalue weighted by Crippen LogP contribution is -2.61. The summed E-state index contributed by atoms with van der Waals surface area (Å²) < 4.78 is 37.4. The van der Waals surface area contributed by atoms with Crippen molar-refractivity contribution >= 4 is 11.9 Å². The molecule has 1 saturated heterocycles. The molecule has 5 atom stereocenters. The summed E-state index contributed by atoms with van der Waals surface area (Å²) in [6, 6.07) is 5.34. The van der Waals surface area contributed by atoms with E-state index in [1.165, 1.54) is 28.1 Å². The van der Waals surface area contributed by atoms with E-state index < -0.39 is 42.6 Å². The highest BCUT2D eigenvalue weighted by atomic mass is 16.7. The molecule has 0 bridgehead atoms. The molecule has 30 heavy (non-hydrogen) atoms. The maximum Gasteiger partial charge on any atom is 0.303 e. The van der Waals surface area contributed by atoms with Gasteiger partial charge in [0.15, 0.2) is 30.0 Å². The summed E-state index contributed by atoms with van der Waals surface area (Å²) in [6.45, 7) is 2.57. The molecule has 0 amide bonds. The lowest BCUT2D eigenvalue weighted by atomic mass is 9.98. The Labute approximate surface area is 174 Å². The zero-order valence-corrected chi connectivity index (χ0v) is 17.7. The molecule has 10 nitrogen and oxygen atoms in total. The van der Waals surface area contributed by atoms with E-state index in [-0.39, 0.29) is 13.2 Å². The van der Waals surface area contributed by atoms with Gasteiger partial charge in [0.05, 0.1) is 27.4 Å². The van der Waals surface area contributed by atoms with Gasteiger partial charge in [-0.2, -0.15) is 0 Å². The van der Waals surface area contributed by atoms with E-state index >= 15 is 0 Å². The topological polar surface area (TPSA) is 119 Å². The second-order valence-electron chi connectivity index (χ2n) is 6.62. The number of hydrogen-bond acceptors (Lipinski definition) is 10. The highest BCUT2D eigenvalue weighted by Gasteiger charge is 2.49. The molecule has 1 aromatic rings. The van der Waals surface area contributed by atoms with Crippen molar-refractivity contribution in [2.75, 3.05) is 27.9 Å². The zero-order chi connectivity index (χ0) is 22.3. The number of methoxy groups -OCH3 is 3. The van der Waals surface area contributed by atoms with E-state index in [9.17, 15) is 14.7 Å². The molecular formula is C20H28O10. The Morgan fingerprint density at radius 1 is 1.00 bits per heavy atom. The number of carbonyl (C=O) groups is 2. The van der Waals surface area contributed by atoms with Gasteiger partial charge in [-0.15, -0.1) is 0 Å². The minimum Gasteiger partial charge on any atom is -0.493 e. The minimum absolute atomic E-state index is 0.0278.